The zero-order valence-corrected chi connectivity index (χ0v) is 20.7. The van der Waals surface area contributed by atoms with Gasteiger partial charge in [0, 0.05) is 31.7 Å². The Balaban J connectivity index is 1.39. The number of hydrogen-bond acceptors (Lipinski definition) is 6. The zero-order chi connectivity index (χ0) is 24.7. The lowest BCUT2D eigenvalue weighted by atomic mass is 9.69. The number of carbonyl (C=O) groups excluding carboxylic acids is 2. The summed E-state index contributed by atoms with van der Waals surface area (Å²) in [5.41, 5.74) is 2.87. The minimum Gasteiger partial charge on any atom is -0.460 e. The summed E-state index contributed by atoms with van der Waals surface area (Å²) in [6.45, 7) is 4.70. The molecule has 0 bridgehead atoms. The van der Waals surface area contributed by atoms with E-state index in [1.54, 1.807) is 12.5 Å². The van der Waals surface area contributed by atoms with E-state index in [0.29, 0.717) is 24.4 Å². The number of rotatable bonds is 8. The molecule has 8 nitrogen and oxygen atoms in total. The van der Waals surface area contributed by atoms with Crippen LogP contribution in [0.2, 0.25) is 0 Å². The molecule has 35 heavy (non-hydrogen) atoms. The predicted molar refractivity (Wildman–Crippen MR) is 134 cm³/mol. The van der Waals surface area contributed by atoms with Gasteiger partial charge < -0.3 is 9.64 Å². The Morgan fingerprint density at radius 3 is 2.63 bits per heavy atom. The monoisotopic (exact) mass is 482 g/mol. The summed E-state index contributed by atoms with van der Waals surface area (Å²) in [7, 11) is 0. The third-order valence-electron chi connectivity index (χ3n) is 7.76. The SMILES string of the molecule is Cc1ccc(N(C(=O)C2=CCC=CO2)C2CCN(CCC3(CC(=O)NO)CCCCC3)CC2)nc1. The first-order valence-corrected chi connectivity index (χ1v) is 12.9. The van der Waals surface area contributed by atoms with Crippen molar-refractivity contribution in [3.8, 4) is 0 Å². The zero-order valence-electron chi connectivity index (χ0n) is 20.7. The van der Waals surface area contributed by atoms with E-state index in [4.69, 9.17) is 9.94 Å². The van der Waals surface area contributed by atoms with E-state index in [1.807, 2.05) is 41.6 Å². The number of pyridine rings is 1. The topological polar surface area (TPSA) is 95.0 Å². The smallest absolute Gasteiger partial charge is 0.295 e. The van der Waals surface area contributed by atoms with E-state index in [-0.39, 0.29) is 23.3 Å². The second-order valence-corrected chi connectivity index (χ2v) is 10.3. The number of aryl methyl sites for hydroxylation is 1. The van der Waals surface area contributed by atoms with Crippen LogP contribution in [0.25, 0.3) is 0 Å². The number of nitrogens with zero attached hydrogens (tertiary/aromatic N) is 3. The maximum atomic E-state index is 13.5. The second-order valence-electron chi connectivity index (χ2n) is 10.3. The summed E-state index contributed by atoms with van der Waals surface area (Å²) in [5.74, 6) is 0.604. The van der Waals surface area contributed by atoms with Gasteiger partial charge in [0.2, 0.25) is 5.91 Å². The lowest BCUT2D eigenvalue weighted by Gasteiger charge is -2.41. The molecule has 1 aliphatic carbocycles. The number of likely N-dealkylation sites (tertiary alicyclic amines) is 1. The summed E-state index contributed by atoms with van der Waals surface area (Å²) in [4.78, 5) is 34.3. The summed E-state index contributed by atoms with van der Waals surface area (Å²) in [6, 6.07) is 3.95. The van der Waals surface area contributed by atoms with Crippen LogP contribution >= 0.6 is 0 Å². The standard InChI is InChI=1S/C27H38N4O4/c1-21-8-9-24(28-20-21)31(26(33)23-7-3-6-18-35-23)22-10-15-30(16-11-22)17-14-27(19-25(32)29-34)12-4-2-5-13-27/h6-9,18,20,22,34H,2-5,10-17,19H2,1H3,(H,29,32). The van der Waals surface area contributed by atoms with Gasteiger partial charge in [0.05, 0.1) is 6.26 Å². The Morgan fingerprint density at radius 2 is 2.00 bits per heavy atom. The van der Waals surface area contributed by atoms with Crippen LogP contribution in [0.4, 0.5) is 5.82 Å². The fourth-order valence-electron chi connectivity index (χ4n) is 5.71. The van der Waals surface area contributed by atoms with Gasteiger partial charge in [0.1, 0.15) is 5.82 Å². The minimum absolute atomic E-state index is 0.0198. The fraction of sp³-hybridized carbons (Fsp3) is 0.593. The molecule has 2 N–H and O–H groups in total. The van der Waals surface area contributed by atoms with Crippen molar-refractivity contribution >= 4 is 17.6 Å². The van der Waals surface area contributed by atoms with Crippen molar-refractivity contribution in [2.75, 3.05) is 24.5 Å². The second kappa shape index (κ2) is 11.8. The maximum Gasteiger partial charge on any atom is 0.295 e. The van der Waals surface area contributed by atoms with E-state index >= 15 is 0 Å². The molecule has 1 saturated carbocycles. The molecule has 3 aliphatic rings. The molecular formula is C27H38N4O4. The van der Waals surface area contributed by atoms with Gasteiger partial charge in [-0.15, -0.1) is 0 Å². The van der Waals surface area contributed by atoms with Gasteiger partial charge >= 0.3 is 0 Å². The van der Waals surface area contributed by atoms with Crippen LogP contribution in [0.1, 0.15) is 69.8 Å². The fourth-order valence-corrected chi connectivity index (χ4v) is 5.71. The number of hydrogen-bond donors (Lipinski definition) is 2. The van der Waals surface area contributed by atoms with Crippen molar-refractivity contribution in [1.82, 2.24) is 15.4 Å². The van der Waals surface area contributed by atoms with Crippen LogP contribution < -0.4 is 10.4 Å². The molecule has 0 spiro atoms. The number of allylic oxidation sites excluding steroid dienone is 2. The first-order valence-electron chi connectivity index (χ1n) is 12.9. The average Bonchev–Trinajstić information content (AvgIpc) is 2.90. The molecule has 0 atom stereocenters. The molecule has 8 heteroatoms. The molecule has 0 radical (unpaired) electrons. The predicted octanol–water partition coefficient (Wildman–Crippen LogP) is 4.24. The van der Waals surface area contributed by atoms with E-state index in [0.717, 1.165) is 70.1 Å². The summed E-state index contributed by atoms with van der Waals surface area (Å²) in [6.07, 6.45) is 16.4. The molecule has 0 aromatic carbocycles. The first kappa shape index (κ1) is 25.4. The Morgan fingerprint density at radius 1 is 1.23 bits per heavy atom. The van der Waals surface area contributed by atoms with Crippen molar-refractivity contribution < 1.29 is 19.5 Å². The van der Waals surface area contributed by atoms with Crippen LogP contribution in [0.5, 0.6) is 0 Å². The van der Waals surface area contributed by atoms with Crippen molar-refractivity contribution in [2.24, 2.45) is 5.41 Å². The number of nitrogens with one attached hydrogen (secondary N) is 1. The van der Waals surface area contributed by atoms with Crippen LogP contribution in [0, 0.1) is 12.3 Å². The van der Waals surface area contributed by atoms with E-state index in [9.17, 15) is 9.59 Å². The lowest BCUT2D eigenvalue weighted by molar-refractivity contribution is -0.132. The number of hydroxylamine groups is 1. The lowest BCUT2D eigenvalue weighted by Crippen LogP contribution is -2.49. The number of carbonyl (C=O) groups is 2. The van der Waals surface area contributed by atoms with Crippen molar-refractivity contribution in [3.05, 3.63) is 48.1 Å². The Bertz CT molecular complexity index is 929. The molecule has 0 unspecified atom stereocenters. The largest absolute Gasteiger partial charge is 0.460 e. The molecule has 4 rings (SSSR count). The molecule has 190 valence electrons. The molecule has 2 amide bonds. The number of ether oxygens (including phenoxy) is 1. The van der Waals surface area contributed by atoms with Crippen LogP contribution in [-0.2, 0) is 14.3 Å². The molecular weight excluding hydrogens is 444 g/mol. The van der Waals surface area contributed by atoms with Gasteiger partial charge in [0.25, 0.3) is 5.91 Å². The van der Waals surface area contributed by atoms with E-state index in [1.165, 1.54) is 6.42 Å². The molecule has 1 aromatic rings. The normalized spacial score (nSPS) is 20.6. The molecule has 1 aromatic heterocycles. The summed E-state index contributed by atoms with van der Waals surface area (Å²) < 4.78 is 5.54. The molecule has 1 saturated heterocycles. The molecule has 3 heterocycles. The Kier molecular flexibility index (Phi) is 8.57. The third-order valence-corrected chi connectivity index (χ3v) is 7.76. The number of anilines is 1. The highest BCUT2D eigenvalue weighted by Crippen LogP contribution is 2.42. The highest BCUT2D eigenvalue weighted by molar-refractivity contribution is 6.04. The highest BCUT2D eigenvalue weighted by atomic mass is 16.5. The minimum atomic E-state index is -0.278. The van der Waals surface area contributed by atoms with Crippen LogP contribution in [0.3, 0.4) is 0 Å². The number of aromatic nitrogens is 1. The number of amides is 2. The van der Waals surface area contributed by atoms with E-state index in [2.05, 4.69) is 9.88 Å². The van der Waals surface area contributed by atoms with Crippen LogP contribution in [-0.4, -0.2) is 52.6 Å². The first-order chi connectivity index (χ1) is 17.0. The van der Waals surface area contributed by atoms with Gasteiger partial charge in [0.15, 0.2) is 5.76 Å². The van der Waals surface area contributed by atoms with E-state index < -0.39 is 0 Å². The number of piperidine rings is 1. The van der Waals surface area contributed by atoms with Gasteiger partial charge in [-0.3, -0.25) is 19.7 Å². The van der Waals surface area contributed by atoms with Crippen molar-refractivity contribution in [1.29, 1.82) is 0 Å². The van der Waals surface area contributed by atoms with Gasteiger partial charge in [-0.1, -0.05) is 25.3 Å². The average molecular weight is 483 g/mol. The highest BCUT2D eigenvalue weighted by Gasteiger charge is 2.36. The quantitative estimate of drug-likeness (QED) is 0.425. The molecule has 2 fully saturated rings. The Labute approximate surface area is 208 Å². The third kappa shape index (κ3) is 6.49. The van der Waals surface area contributed by atoms with Crippen molar-refractivity contribution in [3.63, 3.8) is 0 Å². The van der Waals surface area contributed by atoms with Crippen LogP contribution in [0.15, 0.2) is 42.5 Å². The van der Waals surface area contributed by atoms with Crippen molar-refractivity contribution in [2.45, 2.75) is 77.2 Å². The van der Waals surface area contributed by atoms with Gasteiger partial charge in [-0.25, -0.2) is 10.5 Å². The van der Waals surface area contributed by atoms with Gasteiger partial charge in [-0.05, 0) is 81.2 Å². The maximum absolute atomic E-state index is 13.5. The Hall–Kier alpha value is -2.71. The van der Waals surface area contributed by atoms with Gasteiger partial charge in [-0.2, -0.15) is 0 Å². The summed E-state index contributed by atoms with van der Waals surface area (Å²) >= 11 is 0. The summed E-state index contributed by atoms with van der Waals surface area (Å²) in [5, 5.41) is 9.06. The molecule has 2 aliphatic heterocycles.